The zero-order chi connectivity index (χ0) is 14.5. The Kier molecular flexibility index (Phi) is 5.03. The topological polar surface area (TPSA) is 56.3 Å². The minimum Gasteiger partial charge on any atom is -0.379 e. The van der Waals surface area contributed by atoms with Crippen LogP contribution in [0.25, 0.3) is 0 Å². The molecule has 0 amide bonds. The molecule has 2 aromatic rings. The number of nitrogens with zero attached hydrogens (tertiary/aromatic N) is 2. The van der Waals surface area contributed by atoms with Gasteiger partial charge in [0.05, 0.1) is 35.5 Å². The highest BCUT2D eigenvalue weighted by molar-refractivity contribution is 7.07. The molecule has 5 nitrogen and oxygen atoms in total. The lowest BCUT2D eigenvalue weighted by atomic mass is 10.1. The normalized spacial score (nSPS) is 22.1. The van der Waals surface area contributed by atoms with Gasteiger partial charge < -0.3 is 14.8 Å². The van der Waals surface area contributed by atoms with Gasteiger partial charge in [-0.15, -0.1) is 11.3 Å². The predicted octanol–water partition coefficient (Wildman–Crippen LogP) is 2.98. The van der Waals surface area contributed by atoms with Crippen LogP contribution in [0.15, 0.2) is 29.2 Å². The molecule has 112 valence electrons. The highest BCUT2D eigenvalue weighted by Crippen LogP contribution is 2.22. The number of thiazole rings is 1. The molecule has 1 fully saturated rings. The molecule has 21 heavy (non-hydrogen) atoms. The van der Waals surface area contributed by atoms with Gasteiger partial charge in [-0.2, -0.15) is 0 Å². The Morgan fingerprint density at radius 2 is 2.43 bits per heavy atom. The molecule has 1 aliphatic rings. The number of nitrogens with one attached hydrogen (secondary N) is 1. The van der Waals surface area contributed by atoms with E-state index in [9.17, 15) is 0 Å². The van der Waals surface area contributed by atoms with Crippen molar-refractivity contribution >= 4 is 28.8 Å². The second kappa shape index (κ2) is 7.17. The monoisotopic (exact) mass is 325 g/mol. The van der Waals surface area contributed by atoms with Crippen molar-refractivity contribution in [2.24, 2.45) is 0 Å². The Morgan fingerprint density at radius 3 is 3.24 bits per heavy atom. The van der Waals surface area contributed by atoms with Gasteiger partial charge in [0, 0.05) is 18.2 Å². The third-order valence-electron chi connectivity index (χ3n) is 3.31. The molecule has 2 aromatic heterocycles. The number of halogens is 1. The standard InChI is InChI=1S/C14H16ClN3O2S/c15-11-2-1-4-16-14(11)18-12-3-5-19-7-13(12)20-6-10-8-21-9-17-10/h1-2,4,8-9,12-13H,3,5-7H2,(H,16,18)/t12-,13-/m1/s1. The average Bonchev–Trinajstić information content (AvgIpc) is 3.02. The summed E-state index contributed by atoms with van der Waals surface area (Å²) in [5, 5.41) is 5.96. The van der Waals surface area contributed by atoms with Gasteiger partial charge in [-0.3, -0.25) is 0 Å². The third-order valence-corrected chi connectivity index (χ3v) is 4.25. The molecule has 0 radical (unpaired) electrons. The fraction of sp³-hybridized carbons (Fsp3) is 0.429. The van der Waals surface area contributed by atoms with Crippen molar-refractivity contribution in [1.82, 2.24) is 9.97 Å². The summed E-state index contributed by atoms with van der Waals surface area (Å²) >= 11 is 7.71. The van der Waals surface area contributed by atoms with Crippen LogP contribution in [0.1, 0.15) is 12.1 Å². The maximum atomic E-state index is 6.14. The number of rotatable bonds is 5. The van der Waals surface area contributed by atoms with E-state index in [1.54, 1.807) is 23.0 Å². The Balaban J connectivity index is 1.62. The lowest BCUT2D eigenvalue weighted by molar-refractivity contribution is -0.0644. The Labute approximate surface area is 132 Å². The largest absolute Gasteiger partial charge is 0.379 e. The van der Waals surface area contributed by atoms with Crippen molar-refractivity contribution in [3.05, 3.63) is 39.9 Å². The lowest BCUT2D eigenvalue weighted by Gasteiger charge is -2.32. The first kappa shape index (κ1) is 14.7. The van der Waals surface area contributed by atoms with Crippen LogP contribution >= 0.6 is 22.9 Å². The van der Waals surface area contributed by atoms with Crippen molar-refractivity contribution in [3.63, 3.8) is 0 Å². The van der Waals surface area contributed by atoms with Gasteiger partial charge in [0.2, 0.25) is 0 Å². The quantitative estimate of drug-likeness (QED) is 0.916. The van der Waals surface area contributed by atoms with Gasteiger partial charge >= 0.3 is 0 Å². The molecule has 2 atom stereocenters. The van der Waals surface area contributed by atoms with Crippen molar-refractivity contribution in [3.8, 4) is 0 Å². The van der Waals surface area contributed by atoms with Crippen LogP contribution < -0.4 is 5.32 Å². The zero-order valence-electron chi connectivity index (χ0n) is 11.4. The molecule has 7 heteroatoms. The number of anilines is 1. The van der Waals surface area contributed by atoms with Crippen molar-refractivity contribution < 1.29 is 9.47 Å². The molecule has 3 rings (SSSR count). The van der Waals surface area contributed by atoms with E-state index in [-0.39, 0.29) is 12.1 Å². The molecular formula is C14H16ClN3O2S. The Hall–Kier alpha value is -1.21. The first-order valence-electron chi connectivity index (χ1n) is 6.76. The molecule has 0 spiro atoms. The molecule has 1 N–H and O–H groups in total. The van der Waals surface area contributed by atoms with Crippen LogP contribution in [-0.2, 0) is 16.1 Å². The second-order valence-corrected chi connectivity index (χ2v) is 5.90. The molecular weight excluding hydrogens is 310 g/mol. The Morgan fingerprint density at radius 1 is 1.48 bits per heavy atom. The molecule has 0 bridgehead atoms. The van der Waals surface area contributed by atoms with E-state index in [0.29, 0.717) is 30.7 Å². The summed E-state index contributed by atoms with van der Waals surface area (Å²) in [5.74, 6) is 0.688. The molecule has 0 aromatic carbocycles. The fourth-order valence-electron chi connectivity index (χ4n) is 2.21. The van der Waals surface area contributed by atoms with E-state index in [0.717, 1.165) is 12.1 Å². The smallest absolute Gasteiger partial charge is 0.145 e. The van der Waals surface area contributed by atoms with Crippen LogP contribution in [0.3, 0.4) is 0 Å². The molecule has 0 unspecified atom stereocenters. The van der Waals surface area contributed by atoms with E-state index < -0.39 is 0 Å². The highest BCUT2D eigenvalue weighted by Gasteiger charge is 2.27. The van der Waals surface area contributed by atoms with Gasteiger partial charge in [0.1, 0.15) is 11.9 Å². The van der Waals surface area contributed by atoms with Crippen molar-refractivity contribution in [2.75, 3.05) is 18.5 Å². The van der Waals surface area contributed by atoms with Gasteiger partial charge in [-0.25, -0.2) is 9.97 Å². The first-order valence-corrected chi connectivity index (χ1v) is 8.08. The first-order chi connectivity index (χ1) is 10.3. The van der Waals surface area contributed by atoms with Gasteiger partial charge in [-0.05, 0) is 18.6 Å². The van der Waals surface area contributed by atoms with E-state index >= 15 is 0 Å². The minimum absolute atomic E-state index is 0.0430. The van der Waals surface area contributed by atoms with E-state index in [4.69, 9.17) is 21.1 Å². The van der Waals surface area contributed by atoms with E-state index in [1.807, 2.05) is 17.5 Å². The predicted molar refractivity (Wildman–Crippen MR) is 82.8 cm³/mol. The van der Waals surface area contributed by atoms with Gasteiger partial charge in [-0.1, -0.05) is 11.6 Å². The molecule has 0 saturated carbocycles. The fourth-order valence-corrected chi connectivity index (χ4v) is 2.93. The van der Waals surface area contributed by atoms with Crippen molar-refractivity contribution in [2.45, 2.75) is 25.2 Å². The van der Waals surface area contributed by atoms with Crippen LogP contribution in [0.2, 0.25) is 5.02 Å². The molecule has 1 saturated heterocycles. The average molecular weight is 326 g/mol. The number of ether oxygens (including phenoxy) is 2. The number of hydrogen-bond donors (Lipinski definition) is 1. The van der Waals surface area contributed by atoms with E-state index in [2.05, 4.69) is 15.3 Å². The summed E-state index contributed by atoms with van der Waals surface area (Å²) in [7, 11) is 0. The summed E-state index contributed by atoms with van der Waals surface area (Å²) < 4.78 is 11.5. The molecule has 3 heterocycles. The zero-order valence-corrected chi connectivity index (χ0v) is 12.9. The Bertz CT molecular complexity index is 567. The van der Waals surface area contributed by atoms with Crippen LogP contribution in [0.4, 0.5) is 5.82 Å². The SMILES string of the molecule is Clc1cccnc1N[C@@H]1CCOC[C@H]1OCc1cscn1. The van der Waals surface area contributed by atoms with Crippen LogP contribution in [0.5, 0.6) is 0 Å². The second-order valence-electron chi connectivity index (χ2n) is 4.78. The van der Waals surface area contributed by atoms with Gasteiger partial charge in [0.25, 0.3) is 0 Å². The molecule has 0 aliphatic carbocycles. The third kappa shape index (κ3) is 3.91. The van der Waals surface area contributed by atoms with Crippen LogP contribution in [0, 0.1) is 0 Å². The highest BCUT2D eigenvalue weighted by atomic mass is 35.5. The molecule has 1 aliphatic heterocycles. The minimum atomic E-state index is -0.0430. The van der Waals surface area contributed by atoms with Gasteiger partial charge in [0.15, 0.2) is 0 Å². The number of aromatic nitrogens is 2. The maximum Gasteiger partial charge on any atom is 0.145 e. The van der Waals surface area contributed by atoms with E-state index in [1.165, 1.54) is 0 Å². The lowest BCUT2D eigenvalue weighted by Crippen LogP contribution is -2.43. The number of pyridine rings is 1. The maximum absolute atomic E-state index is 6.14. The summed E-state index contributed by atoms with van der Waals surface area (Å²) in [5.41, 5.74) is 2.75. The summed E-state index contributed by atoms with van der Waals surface area (Å²) in [6.45, 7) is 1.76. The van der Waals surface area contributed by atoms with Crippen molar-refractivity contribution in [1.29, 1.82) is 0 Å². The summed E-state index contributed by atoms with van der Waals surface area (Å²) in [6, 6.07) is 3.76. The summed E-state index contributed by atoms with van der Waals surface area (Å²) in [6.07, 6.45) is 2.53. The number of hydrogen-bond acceptors (Lipinski definition) is 6. The summed E-state index contributed by atoms with van der Waals surface area (Å²) in [4.78, 5) is 8.49. The van der Waals surface area contributed by atoms with Crippen LogP contribution in [-0.4, -0.2) is 35.3 Å².